The molecule has 1 aromatic carbocycles. The monoisotopic (exact) mass is 302 g/mol. The fourth-order valence-corrected chi connectivity index (χ4v) is 1.99. The number of aromatic nitrogens is 3. The predicted octanol–water partition coefficient (Wildman–Crippen LogP) is -0.202. The molecule has 1 atom stereocenters. The summed E-state index contributed by atoms with van der Waals surface area (Å²) in [5.41, 5.74) is 1.44. The first-order valence-corrected chi connectivity index (χ1v) is 6.90. The zero-order chi connectivity index (χ0) is 15.9. The van der Waals surface area contributed by atoms with E-state index < -0.39 is 17.9 Å². The Bertz CT molecular complexity index is 639. The van der Waals surface area contributed by atoms with Crippen molar-refractivity contribution < 1.29 is 19.4 Å². The van der Waals surface area contributed by atoms with Crippen molar-refractivity contribution in [3.05, 3.63) is 47.8 Å². The second kappa shape index (κ2) is 7.35. The van der Waals surface area contributed by atoms with E-state index in [1.807, 2.05) is 30.3 Å². The van der Waals surface area contributed by atoms with Crippen molar-refractivity contribution in [3.63, 3.8) is 0 Å². The van der Waals surface area contributed by atoms with Crippen LogP contribution < -0.4 is 5.11 Å². The SMILES string of the molecule is CCOC(=O)C(Cc1cn(Cc2ccccc2)nn1)C(=O)[O-]. The summed E-state index contributed by atoms with van der Waals surface area (Å²) in [7, 11) is 0. The molecular formula is C15H16N3O4-. The number of nitrogens with zero attached hydrogens (tertiary/aromatic N) is 3. The number of carboxylic acid groups (broad SMARTS) is 1. The second-order valence-electron chi connectivity index (χ2n) is 4.72. The van der Waals surface area contributed by atoms with E-state index in [2.05, 4.69) is 10.3 Å². The summed E-state index contributed by atoms with van der Waals surface area (Å²) in [6, 6.07) is 9.65. The van der Waals surface area contributed by atoms with Gasteiger partial charge < -0.3 is 14.6 Å². The molecule has 7 nitrogen and oxygen atoms in total. The van der Waals surface area contributed by atoms with Crippen LogP contribution >= 0.6 is 0 Å². The molecular weight excluding hydrogens is 286 g/mol. The average Bonchev–Trinajstić information content (AvgIpc) is 2.93. The highest BCUT2D eigenvalue weighted by Gasteiger charge is 2.23. The summed E-state index contributed by atoms with van der Waals surface area (Å²) in [5, 5.41) is 18.9. The van der Waals surface area contributed by atoms with E-state index in [9.17, 15) is 14.7 Å². The van der Waals surface area contributed by atoms with Crippen LogP contribution in [0.15, 0.2) is 36.5 Å². The predicted molar refractivity (Wildman–Crippen MR) is 74.4 cm³/mol. The van der Waals surface area contributed by atoms with Gasteiger partial charge in [0.15, 0.2) is 0 Å². The van der Waals surface area contributed by atoms with Crippen LogP contribution in [0.1, 0.15) is 18.2 Å². The third kappa shape index (κ3) is 4.15. The molecule has 0 fully saturated rings. The molecule has 0 radical (unpaired) electrons. The fourth-order valence-electron chi connectivity index (χ4n) is 1.99. The number of aliphatic carboxylic acids is 1. The summed E-state index contributed by atoms with van der Waals surface area (Å²) in [5.74, 6) is -3.67. The second-order valence-corrected chi connectivity index (χ2v) is 4.72. The molecule has 1 heterocycles. The van der Waals surface area contributed by atoms with Crippen LogP contribution in [0.2, 0.25) is 0 Å². The van der Waals surface area contributed by atoms with Gasteiger partial charge in [-0.05, 0) is 12.5 Å². The van der Waals surface area contributed by atoms with Gasteiger partial charge in [-0.15, -0.1) is 5.10 Å². The van der Waals surface area contributed by atoms with E-state index >= 15 is 0 Å². The van der Waals surface area contributed by atoms with Crippen molar-refractivity contribution in [2.24, 2.45) is 5.92 Å². The van der Waals surface area contributed by atoms with Crippen molar-refractivity contribution >= 4 is 11.9 Å². The van der Waals surface area contributed by atoms with E-state index in [0.29, 0.717) is 12.2 Å². The smallest absolute Gasteiger partial charge is 0.315 e. The highest BCUT2D eigenvalue weighted by atomic mass is 16.5. The van der Waals surface area contributed by atoms with E-state index in [0.717, 1.165) is 5.56 Å². The van der Waals surface area contributed by atoms with Crippen LogP contribution in [-0.2, 0) is 27.3 Å². The number of hydrogen-bond acceptors (Lipinski definition) is 6. The Morgan fingerprint density at radius 3 is 2.68 bits per heavy atom. The Morgan fingerprint density at radius 2 is 2.05 bits per heavy atom. The molecule has 2 rings (SSSR count). The minimum absolute atomic E-state index is 0.101. The number of esters is 1. The summed E-state index contributed by atoms with van der Waals surface area (Å²) in [6.07, 6.45) is 1.51. The van der Waals surface area contributed by atoms with Gasteiger partial charge in [0, 0.05) is 12.6 Å². The molecule has 1 unspecified atom stereocenters. The lowest BCUT2D eigenvalue weighted by molar-refractivity contribution is -0.310. The lowest BCUT2D eigenvalue weighted by Crippen LogP contribution is -2.38. The maximum atomic E-state index is 11.6. The molecule has 0 amide bonds. The van der Waals surface area contributed by atoms with Crippen LogP contribution in [0.5, 0.6) is 0 Å². The Morgan fingerprint density at radius 1 is 1.32 bits per heavy atom. The highest BCUT2D eigenvalue weighted by Crippen LogP contribution is 2.09. The molecule has 22 heavy (non-hydrogen) atoms. The van der Waals surface area contributed by atoms with Crippen LogP contribution in [0, 0.1) is 5.92 Å². The van der Waals surface area contributed by atoms with Gasteiger partial charge >= 0.3 is 5.97 Å². The van der Waals surface area contributed by atoms with Gasteiger partial charge in [0.2, 0.25) is 0 Å². The molecule has 0 N–H and O–H groups in total. The maximum Gasteiger partial charge on any atom is 0.315 e. The van der Waals surface area contributed by atoms with Gasteiger partial charge in [-0.3, -0.25) is 4.79 Å². The Hall–Kier alpha value is -2.70. The summed E-state index contributed by atoms with van der Waals surface area (Å²) < 4.78 is 6.31. The number of hydrogen-bond donors (Lipinski definition) is 0. The van der Waals surface area contributed by atoms with Gasteiger partial charge in [-0.2, -0.15) is 0 Å². The lowest BCUT2D eigenvalue weighted by atomic mass is 10.0. The van der Waals surface area contributed by atoms with Crippen molar-refractivity contribution in [2.75, 3.05) is 6.61 Å². The molecule has 0 saturated carbocycles. The van der Waals surface area contributed by atoms with Crippen LogP contribution in [0.3, 0.4) is 0 Å². The first-order valence-electron chi connectivity index (χ1n) is 6.90. The Balaban J connectivity index is 2.04. The van der Waals surface area contributed by atoms with E-state index in [1.165, 1.54) is 0 Å². The summed E-state index contributed by atoms with van der Waals surface area (Å²) >= 11 is 0. The van der Waals surface area contributed by atoms with Crippen LogP contribution in [0.4, 0.5) is 0 Å². The van der Waals surface area contributed by atoms with Crippen molar-refractivity contribution in [3.8, 4) is 0 Å². The quantitative estimate of drug-likeness (QED) is 0.519. The number of carbonyl (C=O) groups is 2. The zero-order valence-electron chi connectivity index (χ0n) is 12.1. The molecule has 0 saturated heterocycles. The molecule has 0 spiro atoms. The Labute approximate surface area is 127 Å². The first kappa shape index (κ1) is 15.7. The van der Waals surface area contributed by atoms with Gasteiger partial charge in [-0.1, -0.05) is 35.5 Å². The molecule has 0 aliphatic rings. The summed E-state index contributed by atoms with van der Waals surface area (Å²) in [6.45, 7) is 2.24. The zero-order valence-corrected chi connectivity index (χ0v) is 12.1. The highest BCUT2D eigenvalue weighted by molar-refractivity contribution is 5.93. The molecule has 7 heteroatoms. The topological polar surface area (TPSA) is 97.1 Å². The van der Waals surface area contributed by atoms with Gasteiger partial charge in [0.25, 0.3) is 0 Å². The van der Waals surface area contributed by atoms with Gasteiger partial charge in [0.1, 0.15) is 5.92 Å². The van der Waals surface area contributed by atoms with E-state index in [4.69, 9.17) is 4.74 Å². The van der Waals surface area contributed by atoms with E-state index in [1.54, 1.807) is 17.8 Å². The third-order valence-corrected chi connectivity index (χ3v) is 3.04. The maximum absolute atomic E-state index is 11.6. The number of rotatable bonds is 7. The number of carboxylic acids is 1. The molecule has 1 aromatic heterocycles. The van der Waals surface area contributed by atoms with Crippen LogP contribution in [-0.4, -0.2) is 33.5 Å². The first-order chi connectivity index (χ1) is 10.6. The fraction of sp³-hybridized carbons (Fsp3) is 0.333. The minimum atomic E-state index is -1.48. The molecule has 0 aliphatic carbocycles. The minimum Gasteiger partial charge on any atom is -0.549 e. The van der Waals surface area contributed by atoms with Gasteiger partial charge in [0.05, 0.1) is 24.8 Å². The molecule has 2 aromatic rings. The number of ether oxygens (including phenoxy) is 1. The molecule has 116 valence electrons. The third-order valence-electron chi connectivity index (χ3n) is 3.04. The Kier molecular flexibility index (Phi) is 5.24. The standard InChI is InChI=1S/C15H17N3O4/c1-2-22-15(21)13(14(19)20)8-12-10-18(17-16-12)9-11-6-4-3-5-7-11/h3-7,10,13H,2,8-9H2,1H3,(H,19,20)/p-1. The molecule has 0 aliphatic heterocycles. The van der Waals surface area contributed by atoms with Crippen molar-refractivity contribution in [1.82, 2.24) is 15.0 Å². The lowest BCUT2D eigenvalue weighted by Gasteiger charge is -2.14. The normalized spacial score (nSPS) is 11.9. The van der Waals surface area contributed by atoms with Crippen molar-refractivity contribution in [2.45, 2.75) is 19.9 Å². The molecule has 0 bridgehead atoms. The summed E-state index contributed by atoms with van der Waals surface area (Å²) in [4.78, 5) is 22.6. The largest absolute Gasteiger partial charge is 0.549 e. The van der Waals surface area contributed by atoms with E-state index in [-0.39, 0.29) is 13.0 Å². The number of benzene rings is 1. The average molecular weight is 302 g/mol. The van der Waals surface area contributed by atoms with Crippen LogP contribution in [0.25, 0.3) is 0 Å². The van der Waals surface area contributed by atoms with Gasteiger partial charge in [-0.25, -0.2) is 4.68 Å². The van der Waals surface area contributed by atoms with Crippen molar-refractivity contribution in [1.29, 1.82) is 0 Å². The number of carbonyl (C=O) groups excluding carboxylic acids is 2.